The minimum absolute atomic E-state index is 0.0466. The van der Waals surface area contributed by atoms with Crippen LogP contribution in [0.3, 0.4) is 0 Å². The Balaban J connectivity index is 1.83. The number of hydrogen-bond donors (Lipinski definition) is 3. The molecule has 0 amide bonds. The first kappa shape index (κ1) is 22.3. The van der Waals surface area contributed by atoms with Crippen LogP contribution in [-0.2, 0) is 9.84 Å². The first-order chi connectivity index (χ1) is 14.8. The molecule has 0 fully saturated rings. The number of amidine groups is 1. The zero-order chi connectivity index (χ0) is 22.4. The first-order valence-electron chi connectivity index (χ1n) is 9.19. The van der Waals surface area contributed by atoms with Crippen LogP contribution in [0.15, 0.2) is 87.5 Å². The summed E-state index contributed by atoms with van der Waals surface area (Å²) in [4.78, 5) is 11.6. The van der Waals surface area contributed by atoms with E-state index in [-0.39, 0.29) is 26.7 Å². The predicted molar refractivity (Wildman–Crippen MR) is 122 cm³/mol. The van der Waals surface area contributed by atoms with Crippen molar-refractivity contribution in [1.29, 1.82) is 5.41 Å². The Morgan fingerprint density at radius 2 is 1.74 bits per heavy atom. The van der Waals surface area contributed by atoms with Gasteiger partial charge in [-0.25, -0.2) is 8.42 Å². The lowest BCUT2D eigenvalue weighted by Gasteiger charge is -2.11. The van der Waals surface area contributed by atoms with Crippen LogP contribution in [0.2, 0.25) is 0 Å². The Labute approximate surface area is 184 Å². The molecule has 0 aromatic heterocycles. The monoisotopic (exact) mass is 456 g/mol. The quantitative estimate of drug-likeness (QED) is 0.111. The summed E-state index contributed by atoms with van der Waals surface area (Å²) in [5.74, 6) is 0.274. The largest absolute Gasteiger partial charge is 0.384 e. The number of nitrogens with one attached hydrogen (secondary N) is 2. The molecule has 160 valence electrons. The van der Waals surface area contributed by atoms with E-state index in [0.29, 0.717) is 12.3 Å². The molecule has 3 aromatic rings. The summed E-state index contributed by atoms with van der Waals surface area (Å²) in [6.07, 6.45) is 0. The molecule has 8 nitrogen and oxygen atoms in total. The van der Waals surface area contributed by atoms with Crippen molar-refractivity contribution in [3.63, 3.8) is 0 Å². The van der Waals surface area contributed by atoms with E-state index >= 15 is 0 Å². The third-order valence-corrected chi connectivity index (χ3v) is 7.20. The van der Waals surface area contributed by atoms with Crippen LogP contribution in [0.25, 0.3) is 0 Å². The molecule has 0 aliphatic rings. The van der Waals surface area contributed by atoms with Crippen LogP contribution >= 0.6 is 11.8 Å². The molecule has 3 aromatic carbocycles. The summed E-state index contributed by atoms with van der Waals surface area (Å²) < 4.78 is 26.1. The number of sulfone groups is 1. The molecule has 4 N–H and O–H groups in total. The summed E-state index contributed by atoms with van der Waals surface area (Å²) in [5, 5.41) is 22.2. The van der Waals surface area contributed by atoms with Gasteiger partial charge in [-0.3, -0.25) is 15.5 Å². The number of benzene rings is 3. The summed E-state index contributed by atoms with van der Waals surface area (Å²) in [6, 6.07) is 19.3. The third-order valence-electron chi connectivity index (χ3n) is 4.37. The number of nitrogens with two attached hydrogens (primary N) is 1. The van der Waals surface area contributed by atoms with E-state index in [0.717, 1.165) is 11.0 Å². The summed E-state index contributed by atoms with van der Waals surface area (Å²) in [5.41, 5.74) is 5.44. The highest BCUT2D eigenvalue weighted by molar-refractivity contribution is 7.99. The second-order valence-corrected chi connectivity index (χ2v) is 9.52. The Morgan fingerprint density at radius 3 is 2.42 bits per heavy atom. The van der Waals surface area contributed by atoms with Gasteiger partial charge in [-0.1, -0.05) is 30.3 Å². The van der Waals surface area contributed by atoms with Crippen molar-refractivity contribution in [2.24, 2.45) is 5.73 Å². The van der Waals surface area contributed by atoms with Crippen LogP contribution in [0, 0.1) is 15.5 Å². The normalized spacial score (nSPS) is 11.1. The van der Waals surface area contributed by atoms with Gasteiger partial charge in [0.25, 0.3) is 5.69 Å². The minimum atomic E-state index is -4.11. The minimum Gasteiger partial charge on any atom is -0.384 e. The average molecular weight is 457 g/mol. The highest BCUT2D eigenvalue weighted by Crippen LogP contribution is 2.31. The molecule has 0 bridgehead atoms. The number of nitrogen functional groups attached to an aromatic ring is 1. The number of nitro groups is 1. The zero-order valence-electron chi connectivity index (χ0n) is 16.3. The predicted octanol–water partition coefficient (Wildman–Crippen LogP) is 3.92. The van der Waals surface area contributed by atoms with E-state index in [1.807, 2.05) is 30.3 Å². The molecule has 0 atom stereocenters. The number of anilines is 1. The van der Waals surface area contributed by atoms with Crippen LogP contribution in [-0.4, -0.2) is 31.5 Å². The van der Waals surface area contributed by atoms with Gasteiger partial charge < -0.3 is 11.1 Å². The van der Waals surface area contributed by atoms with Crippen molar-refractivity contribution < 1.29 is 13.3 Å². The fraction of sp³-hybridized carbons (Fsp3) is 0.0952. The molecule has 0 saturated heterocycles. The van der Waals surface area contributed by atoms with Gasteiger partial charge in [0.15, 0.2) is 0 Å². The number of rotatable bonds is 9. The lowest BCUT2D eigenvalue weighted by molar-refractivity contribution is -0.384. The average Bonchev–Trinajstić information content (AvgIpc) is 2.77. The highest BCUT2D eigenvalue weighted by Gasteiger charge is 2.25. The lowest BCUT2D eigenvalue weighted by atomic mass is 10.2. The highest BCUT2D eigenvalue weighted by atomic mass is 32.2. The summed E-state index contributed by atoms with van der Waals surface area (Å²) in [6.45, 7) is 0.458. The number of nitro benzene ring substituents is 1. The zero-order valence-corrected chi connectivity index (χ0v) is 17.9. The van der Waals surface area contributed by atoms with Crippen molar-refractivity contribution in [2.45, 2.75) is 14.7 Å². The number of hydrogen-bond acceptors (Lipinski definition) is 7. The Hall–Kier alpha value is -3.37. The molecule has 0 spiro atoms. The third kappa shape index (κ3) is 5.22. The van der Waals surface area contributed by atoms with Gasteiger partial charge in [-0.2, -0.15) is 0 Å². The summed E-state index contributed by atoms with van der Waals surface area (Å²) in [7, 11) is -4.11. The van der Waals surface area contributed by atoms with E-state index < -0.39 is 20.6 Å². The van der Waals surface area contributed by atoms with Crippen molar-refractivity contribution >= 4 is 38.8 Å². The van der Waals surface area contributed by atoms with Crippen molar-refractivity contribution in [1.82, 2.24) is 0 Å². The molecule has 0 radical (unpaired) electrons. The van der Waals surface area contributed by atoms with Gasteiger partial charge in [-0.05, 0) is 36.4 Å². The SMILES string of the molecule is N=C(N)c1ccccc1S(=O)(=O)c1ccc(NCCSc2ccccc2)c([N+](=O)[O-])c1. The lowest BCUT2D eigenvalue weighted by Crippen LogP contribution is -2.16. The van der Waals surface area contributed by atoms with Gasteiger partial charge >= 0.3 is 0 Å². The molecule has 0 aliphatic heterocycles. The van der Waals surface area contributed by atoms with Gasteiger partial charge in [0.2, 0.25) is 9.84 Å². The number of nitrogens with zero attached hydrogens (tertiary/aromatic N) is 1. The molecule has 3 rings (SSSR count). The molecule has 0 aliphatic carbocycles. The van der Waals surface area contributed by atoms with Crippen molar-refractivity contribution in [3.05, 3.63) is 88.5 Å². The Kier molecular flexibility index (Phi) is 6.93. The van der Waals surface area contributed by atoms with Gasteiger partial charge in [-0.15, -0.1) is 11.8 Å². The number of thioether (sulfide) groups is 1. The molecule has 10 heteroatoms. The second kappa shape index (κ2) is 9.63. The first-order valence-corrected chi connectivity index (χ1v) is 11.7. The molecule has 0 heterocycles. The maximum Gasteiger partial charge on any atom is 0.293 e. The Bertz CT molecular complexity index is 1220. The smallest absolute Gasteiger partial charge is 0.293 e. The molecule has 0 unspecified atom stereocenters. The Morgan fingerprint density at radius 1 is 1.06 bits per heavy atom. The van der Waals surface area contributed by atoms with Crippen LogP contribution in [0.4, 0.5) is 11.4 Å². The van der Waals surface area contributed by atoms with Crippen LogP contribution < -0.4 is 11.1 Å². The topological polar surface area (TPSA) is 139 Å². The van der Waals surface area contributed by atoms with E-state index in [9.17, 15) is 18.5 Å². The summed E-state index contributed by atoms with van der Waals surface area (Å²) >= 11 is 1.60. The molecule has 31 heavy (non-hydrogen) atoms. The van der Waals surface area contributed by atoms with Crippen molar-refractivity contribution in [3.8, 4) is 0 Å². The van der Waals surface area contributed by atoms with E-state index in [1.165, 1.54) is 30.3 Å². The molecular weight excluding hydrogens is 436 g/mol. The maximum absolute atomic E-state index is 13.1. The van der Waals surface area contributed by atoms with Crippen LogP contribution in [0.5, 0.6) is 0 Å². The van der Waals surface area contributed by atoms with Gasteiger partial charge in [0.05, 0.1) is 14.7 Å². The van der Waals surface area contributed by atoms with Gasteiger partial charge in [0, 0.05) is 28.8 Å². The van der Waals surface area contributed by atoms with Crippen molar-refractivity contribution in [2.75, 3.05) is 17.6 Å². The fourth-order valence-electron chi connectivity index (χ4n) is 2.90. The molecular formula is C21H20N4O4S2. The van der Waals surface area contributed by atoms with E-state index in [1.54, 1.807) is 17.8 Å². The maximum atomic E-state index is 13.1. The van der Waals surface area contributed by atoms with Crippen LogP contribution in [0.1, 0.15) is 5.56 Å². The van der Waals surface area contributed by atoms with E-state index in [2.05, 4.69) is 5.32 Å². The van der Waals surface area contributed by atoms with Gasteiger partial charge in [0.1, 0.15) is 11.5 Å². The molecule has 0 saturated carbocycles. The van der Waals surface area contributed by atoms with E-state index in [4.69, 9.17) is 11.1 Å². The standard InChI is InChI=1S/C21H20N4O4S2/c22-21(23)17-8-4-5-9-20(17)31(28,29)16-10-11-18(19(14-16)25(26)27)24-12-13-30-15-6-2-1-3-7-15/h1-11,14,24H,12-13H2,(H3,22,23). The second-order valence-electron chi connectivity index (χ2n) is 6.44. The fourth-order valence-corrected chi connectivity index (χ4v) is 5.18.